The molecule has 0 aliphatic carbocycles. The van der Waals surface area contributed by atoms with Crippen molar-refractivity contribution in [1.29, 1.82) is 0 Å². The Morgan fingerprint density at radius 2 is 1.79 bits per heavy atom. The third kappa shape index (κ3) is 5.98. The Balaban J connectivity index is 1.21. The van der Waals surface area contributed by atoms with Crippen molar-refractivity contribution in [2.45, 2.75) is 38.7 Å². The van der Waals surface area contributed by atoms with Crippen LogP contribution < -0.4 is 15.0 Å². The number of likely N-dealkylation sites (tertiary alicyclic amines) is 1. The normalized spacial score (nSPS) is 22.5. The van der Waals surface area contributed by atoms with E-state index in [1.54, 1.807) is 0 Å². The molecule has 3 aliphatic heterocycles. The number of carbonyl (C=O) groups is 2. The van der Waals surface area contributed by atoms with Gasteiger partial charge in [0.15, 0.2) is 0 Å². The summed E-state index contributed by atoms with van der Waals surface area (Å²) in [6.07, 6.45) is 3.30. The number of ether oxygens (including phenoxy) is 1. The van der Waals surface area contributed by atoms with Crippen LogP contribution in [0.2, 0.25) is 0 Å². The van der Waals surface area contributed by atoms with E-state index in [4.69, 9.17) is 4.74 Å². The number of carbonyl (C=O) groups excluding carboxylic acids is 2. The summed E-state index contributed by atoms with van der Waals surface area (Å²) >= 11 is 0. The molecule has 33 heavy (non-hydrogen) atoms. The van der Waals surface area contributed by atoms with Gasteiger partial charge in [-0.3, -0.25) is 9.69 Å². The average Bonchev–Trinajstić information content (AvgIpc) is 2.86. The summed E-state index contributed by atoms with van der Waals surface area (Å²) in [5, 5.41) is 3.13. The van der Waals surface area contributed by atoms with Crippen molar-refractivity contribution < 1.29 is 14.3 Å². The minimum atomic E-state index is -0.00180. The van der Waals surface area contributed by atoms with Gasteiger partial charge in [0.2, 0.25) is 5.91 Å². The average molecular weight is 458 g/mol. The summed E-state index contributed by atoms with van der Waals surface area (Å²) < 4.78 is 6.02. The van der Waals surface area contributed by atoms with Gasteiger partial charge in [0.25, 0.3) is 0 Å². The van der Waals surface area contributed by atoms with Crippen LogP contribution in [0.3, 0.4) is 0 Å². The second-order valence-electron chi connectivity index (χ2n) is 9.56. The van der Waals surface area contributed by atoms with E-state index < -0.39 is 0 Å². The predicted molar refractivity (Wildman–Crippen MR) is 130 cm³/mol. The number of nitrogens with zero attached hydrogens (tertiary/aromatic N) is 4. The molecule has 0 unspecified atom stereocenters. The van der Waals surface area contributed by atoms with Crippen molar-refractivity contribution >= 4 is 17.6 Å². The van der Waals surface area contributed by atoms with Crippen LogP contribution in [0, 0.1) is 5.92 Å². The summed E-state index contributed by atoms with van der Waals surface area (Å²) in [4.78, 5) is 34.6. The summed E-state index contributed by atoms with van der Waals surface area (Å²) in [6, 6.07) is 7.78. The molecule has 182 valence electrons. The Hall–Kier alpha value is -2.32. The van der Waals surface area contributed by atoms with Crippen LogP contribution in [-0.2, 0) is 4.79 Å². The second-order valence-corrected chi connectivity index (χ2v) is 9.56. The van der Waals surface area contributed by atoms with E-state index in [2.05, 4.69) is 29.1 Å². The van der Waals surface area contributed by atoms with E-state index in [9.17, 15) is 9.59 Å². The number of piperazine rings is 1. The quantitative estimate of drug-likeness (QED) is 0.664. The minimum absolute atomic E-state index is 0.00180. The van der Waals surface area contributed by atoms with Gasteiger partial charge in [0.1, 0.15) is 11.9 Å². The maximum absolute atomic E-state index is 13.3. The molecule has 0 spiro atoms. The van der Waals surface area contributed by atoms with Gasteiger partial charge in [0, 0.05) is 51.7 Å². The fraction of sp³-hybridized carbons (Fsp3) is 0.680. The van der Waals surface area contributed by atoms with Crippen LogP contribution in [0.1, 0.15) is 32.6 Å². The van der Waals surface area contributed by atoms with E-state index in [0.29, 0.717) is 19.6 Å². The zero-order valence-corrected chi connectivity index (χ0v) is 20.2. The fourth-order valence-electron chi connectivity index (χ4n) is 4.93. The number of amides is 3. The number of urea groups is 1. The van der Waals surface area contributed by atoms with E-state index >= 15 is 0 Å². The molecule has 0 bridgehead atoms. The molecule has 0 saturated carbocycles. The first kappa shape index (κ1) is 23.8. The minimum Gasteiger partial charge on any atom is -0.486 e. The van der Waals surface area contributed by atoms with Crippen molar-refractivity contribution in [2.24, 2.45) is 5.92 Å². The maximum atomic E-state index is 13.3. The van der Waals surface area contributed by atoms with Crippen LogP contribution >= 0.6 is 0 Å². The van der Waals surface area contributed by atoms with Gasteiger partial charge in [-0.2, -0.15) is 0 Å². The van der Waals surface area contributed by atoms with E-state index in [-0.39, 0.29) is 24.0 Å². The molecule has 3 aliphatic rings. The van der Waals surface area contributed by atoms with E-state index in [1.165, 1.54) is 0 Å². The number of piperidine rings is 1. The first-order chi connectivity index (χ1) is 16.0. The van der Waals surface area contributed by atoms with Crippen LogP contribution in [0.25, 0.3) is 0 Å². The molecule has 1 aromatic rings. The van der Waals surface area contributed by atoms with Crippen molar-refractivity contribution in [3.63, 3.8) is 0 Å². The summed E-state index contributed by atoms with van der Waals surface area (Å²) in [7, 11) is 2.16. The number of likely N-dealkylation sites (N-methyl/N-ethyl adjacent to an activating group) is 1. The lowest BCUT2D eigenvalue weighted by Gasteiger charge is -2.39. The second kappa shape index (κ2) is 11.2. The van der Waals surface area contributed by atoms with Gasteiger partial charge in [-0.05, 0) is 51.4 Å². The fourth-order valence-corrected chi connectivity index (χ4v) is 4.93. The first-order valence-electron chi connectivity index (χ1n) is 12.6. The topological polar surface area (TPSA) is 68.4 Å². The Kier molecular flexibility index (Phi) is 8.09. The molecule has 0 aromatic heterocycles. The van der Waals surface area contributed by atoms with Crippen LogP contribution in [-0.4, -0.2) is 98.7 Å². The molecule has 4 rings (SSSR count). The third-order valence-corrected chi connectivity index (χ3v) is 7.20. The molecule has 0 radical (unpaired) electrons. The molecular formula is C25H39N5O3. The van der Waals surface area contributed by atoms with Gasteiger partial charge in [-0.15, -0.1) is 0 Å². The third-order valence-electron chi connectivity index (χ3n) is 7.20. The van der Waals surface area contributed by atoms with Crippen molar-refractivity contribution in [1.82, 2.24) is 20.0 Å². The lowest BCUT2D eigenvalue weighted by Crippen LogP contribution is -2.52. The Morgan fingerprint density at radius 3 is 2.52 bits per heavy atom. The van der Waals surface area contributed by atoms with Gasteiger partial charge < -0.3 is 24.8 Å². The van der Waals surface area contributed by atoms with Crippen molar-refractivity contribution in [3.05, 3.63) is 24.3 Å². The highest BCUT2D eigenvalue weighted by Crippen LogP contribution is 2.35. The number of nitrogens with one attached hydrogen (secondary N) is 1. The predicted octanol–water partition coefficient (Wildman–Crippen LogP) is 2.25. The molecule has 1 N–H and O–H groups in total. The zero-order chi connectivity index (χ0) is 23.2. The maximum Gasteiger partial charge on any atom is 0.324 e. The van der Waals surface area contributed by atoms with Crippen LogP contribution in [0.4, 0.5) is 10.5 Å². The highest BCUT2D eigenvalue weighted by Gasteiger charge is 2.34. The van der Waals surface area contributed by atoms with Gasteiger partial charge in [0.05, 0.1) is 12.2 Å². The number of para-hydroxylation sites is 2. The monoisotopic (exact) mass is 457 g/mol. The smallest absolute Gasteiger partial charge is 0.324 e. The Morgan fingerprint density at radius 1 is 1.06 bits per heavy atom. The lowest BCUT2D eigenvalue weighted by molar-refractivity contribution is -0.126. The molecule has 3 amide bonds. The number of anilines is 1. The van der Waals surface area contributed by atoms with E-state index in [0.717, 1.165) is 76.4 Å². The zero-order valence-electron chi connectivity index (χ0n) is 20.2. The Labute approximate surface area is 197 Å². The molecule has 3 heterocycles. The van der Waals surface area contributed by atoms with Crippen LogP contribution in [0.15, 0.2) is 24.3 Å². The molecule has 2 saturated heterocycles. The number of benzene rings is 1. The van der Waals surface area contributed by atoms with Crippen LogP contribution in [0.5, 0.6) is 5.75 Å². The van der Waals surface area contributed by atoms with E-state index in [1.807, 2.05) is 34.1 Å². The van der Waals surface area contributed by atoms with Crippen molar-refractivity contribution in [3.8, 4) is 5.75 Å². The standard InChI is InChI=1S/C25H39N5O3/c1-3-21-19-30(22-7-4-5-8-23(22)33-21)25(32)29-13-9-20(10-14-29)24(31)26-11-6-12-28-17-15-27(2)16-18-28/h4-5,7-8,20-21H,3,6,9-19H2,1-2H3,(H,26,31)/t21-/m0/s1. The molecule has 2 fully saturated rings. The molecular weight excluding hydrogens is 418 g/mol. The number of hydrogen-bond donors (Lipinski definition) is 1. The molecule has 1 aromatic carbocycles. The number of fused-ring (bicyclic) bond motifs is 1. The summed E-state index contributed by atoms with van der Waals surface area (Å²) in [5.41, 5.74) is 0.840. The van der Waals surface area contributed by atoms with Gasteiger partial charge in [-0.1, -0.05) is 19.1 Å². The molecule has 1 atom stereocenters. The van der Waals surface area contributed by atoms with Crippen molar-refractivity contribution in [2.75, 3.05) is 70.9 Å². The summed E-state index contributed by atoms with van der Waals surface area (Å²) in [5.74, 6) is 0.913. The molecule has 8 heteroatoms. The Bertz CT molecular complexity index is 803. The molecule has 8 nitrogen and oxygen atoms in total. The van der Waals surface area contributed by atoms with Gasteiger partial charge in [-0.25, -0.2) is 4.79 Å². The highest BCUT2D eigenvalue weighted by molar-refractivity contribution is 5.94. The lowest BCUT2D eigenvalue weighted by atomic mass is 9.96. The summed E-state index contributed by atoms with van der Waals surface area (Å²) in [6.45, 7) is 10.1. The first-order valence-corrected chi connectivity index (χ1v) is 12.6. The number of hydrogen-bond acceptors (Lipinski definition) is 5. The van der Waals surface area contributed by atoms with Gasteiger partial charge >= 0.3 is 6.03 Å². The largest absolute Gasteiger partial charge is 0.486 e. The number of rotatable bonds is 6. The highest BCUT2D eigenvalue weighted by atomic mass is 16.5. The SMILES string of the molecule is CC[C@H]1CN(C(=O)N2CCC(C(=O)NCCCN3CCN(C)CC3)CC2)c2ccccc2O1.